The maximum atomic E-state index is 13.1. The molecule has 8 heteroatoms. The third kappa shape index (κ3) is 3.89. The molecule has 2 aromatic rings. The highest BCUT2D eigenvalue weighted by Gasteiger charge is 2.32. The molecule has 1 aliphatic heterocycles. The summed E-state index contributed by atoms with van der Waals surface area (Å²) in [7, 11) is 3.05. The second-order valence-electron chi connectivity index (χ2n) is 6.11. The number of rotatable bonds is 5. The zero-order valence-corrected chi connectivity index (χ0v) is 16.4. The highest BCUT2D eigenvalue weighted by atomic mass is 35.5. The lowest BCUT2D eigenvalue weighted by Crippen LogP contribution is -2.46. The van der Waals surface area contributed by atoms with Crippen LogP contribution < -0.4 is 25.4 Å². The Bertz CT molecular complexity index is 958. The number of anilines is 1. The number of benzene rings is 2. The van der Waals surface area contributed by atoms with Crippen molar-refractivity contribution < 1.29 is 19.1 Å². The summed E-state index contributed by atoms with van der Waals surface area (Å²) in [4.78, 5) is 25.1. The van der Waals surface area contributed by atoms with Crippen molar-refractivity contribution in [1.82, 2.24) is 10.6 Å². The molecule has 0 saturated carbocycles. The van der Waals surface area contributed by atoms with Crippen LogP contribution in [0.15, 0.2) is 53.7 Å². The van der Waals surface area contributed by atoms with Crippen molar-refractivity contribution in [1.29, 1.82) is 0 Å². The minimum Gasteiger partial charge on any atom is -0.497 e. The van der Waals surface area contributed by atoms with Gasteiger partial charge in [-0.1, -0.05) is 29.8 Å². The van der Waals surface area contributed by atoms with Crippen LogP contribution in [-0.2, 0) is 4.79 Å². The summed E-state index contributed by atoms with van der Waals surface area (Å²) in [5.74, 6) is 0.664. The van der Waals surface area contributed by atoms with Gasteiger partial charge in [0.2, 0.25) is 0 Å². The summed E-state index contributed by atoms with van der Waals surface area (Å²) in [6.45, 7) is 1.67. The van der Waals surface area contributed by atoms with Crippen molar-refractivity contribution in [2.24, 2.45) is 0 Å². The van der Waals surface area contributed by atoms with Gasteiger partial charge in [-0.15, -0.1) is 0 Å². The van der Waals surface area contributed by atoms with E-state index in [2.05, 4.69) is 16.0 Å². The van der Waals surface area contributed by atoms with Gasteiger partial charge in [-0.3, -0.25) is 4.79 Å². The normalized spacial score (nSPS) is 16.1. The highest BCUT2D eigenvalue weighted by Crippen LogP contribution is 2.34. The molecule has 2 aromatic carbocycles. The van der Waals surface area contributed by atoms with Crippen molar-refractivity contribution >= 4 is 29.2 Å². The monoisotopic (exact) mass is 401 g/mol. The lowest BCUT2D eigenvalue weighted by Gasteiger charge is -2.29. The average Bonchev–Trinajstić information content (AvgIpc) is 2.67. The Hall–Kier alpha value is -3.19. The first-order valence-corrected chi connectivity index (χ1v) is 8.88. The van der Waals surface area contributed by atoms with Crippen LogP contribution in [0.5, 0.6) is 11.5 Å². The van der Waals surface area contributed by atoms with Crippen LogP contribution in [0.2, 0.25) is 5.02 Å². The Morgan fingerprint density at radius 1 is 1.14 bits per heavy atom. The van der Waals surface area contributed by atoms with Crippen molar-refractivity contribution in [3.8, 4) is 11.5 Å². The van der Waals surface area contributed by atoms with E-state index in [1.807, 2.05) is 0 Å². The molecule has 146 valence electrons. The number of ether oxygens (including phenoxy) is 2. The van der Waals surface area contributed by atoms with E-state index < -0.39 is 18.0 Å². The average molecular weight is 402 g/mol. The molecular weight excluding hydrogens is 382 g/mol. The van der Waals surface area contributed by atoms with Crippen LogP contribution in [0.4, 0.5) is 10.5 Å². The van der Waals surface area contributed by atoms with Gasteiger partial charge in [0.05, 0.1) is 31.5 Å². The first-order chi connectivity index (χ1) is 13.4. The van der Waals surface area contributed by atoms with E-state index >= 15 is 0 Å². The summed E-state index contributed by atoms with van der Waals surface area (Å²) < 4.78 is 10.5. The minimum atomic E-state index is -0.688. The van der Waals surface area contributed by atoms with Crippen molar-refractivity contribution in [3.05, 3.63) is 64.3 Å². The second kappa shape index (κ2) is 8.22. The zero-order chi connectivity index (χ0) is 20.3. The molecule has 1 atom stereocenters. The quantitative estimate of drug-likeness (QED) is 0.713. The molecule has 0 spiro atoms. The minimum absolute atomic E-state index is 0.352. The van der Waals surface area contributed by atoms with Crippen LogP contribution in [0.1, 0.15) is 18.5 Å². The van der Waals surface area contributed by atoms with E-state index in [0.717, 1.165) is 0 Å². The van der Waals surface area contributed by atoms with Crippen LogP contribution in [0.25, 0.3) is 0 Å². The summed E-state index contributed by atoms with van der Waals surface area (Å²) in [5, 5.41) is 8.69. The standard InChI is InChI=1S/C20H20ClN3O4/c1-11-17(18(24-20(26)22-11)13-6-4-5-7-14(13)21)19(25)23-15-9-8-12(27-2)10-16(15)28-3/h4-10,18H,1-3H3,(H,23,25)(H2,22,24,26). The predicted octanol–water partition coefficient (Wildman–Crippen LogP) is 3.62. The zero-order valence-electron chi connectivity index (χ0n) is 15.6. The number of hydrogen-bond acceptors (Lipinski definition) is 4. The Labute approximate surface area is 167 Å². The van der Waals surface area contributed by atoms with Crippen molar-refractivity contribution in [2.75, 3.05) is 19.5 Å². The molecule has 7 nitrogen and oxygen atoms in total. The van der Waals surface area contributed by atoms with E-state index in [-0.39, 0.29) is 0 Å². The Kier molecular flexibility index (Phi) is 5.75. The number of nitrogens with one attached hydrogen (secondary N) is 3. The Morgan fingerprint density at radius 2 is 1.89 bits per heavy atom. The van der Waals surface area contributed by atoms with Gasteiger partial charge in [-0.25, -0.2) is 4.79 Å². The van der Waals surface area contributed by atoms with E-state index in [1.54, 1.807) is 56.5 Å². The van der Waals surface area contributed by atoms with Crippen LogP contribution in [0, 0.1) is 0 Å². The van der Waals surface area contributed by atoms with Gasteiger partial charge in [-0.05, 0) is 30.7 Å². The molecular formula is C20H20ClN3O4. The van der Waals surface area contributed by atoms with Gasteiger partial charge >= 0.3 is 6.03 Å². The smallest absolute Gasteiger partial charge is 0.319 e. The molecule has 1 unspecified atom stereocenters. The van der Waals surface area contributed by atoms with Gasteiger partial charge in [0, 0.05) is 16.8 Å². The number of urea groups is 1. The van der Waals surface area contributed by atoms with Crippen molar-refractivity contribution in [3.63, 3.8) is 0 Å². The molecule has 1 heterocycles. The number of carbonyl (C=O) groups excluding carboxylic acids is 2. The topological polar surface area (TPSA) is 88.7 Å². The van der Waals surface area contributed by atoms with Crippen LogP contribution >= 0.6 is 11.6 Å². The number of allylic oxidation sites excluding steroid dienone is 1. The summed E-state index contributed by atoms with van der Waals surface area (Å²) in [5.41, 5.74) is 1.90. The van der Waals surface area contributed by atoms with Crippen LogP contribution in [0.3, 0.4) is 0 Å². The molecule has 1 aliphatic rings. The number of halogens is 1. The first-order valence-electron chi connectivity index (χ1n) is 8.50. The van der Waals surface area contributed by atoms with E-state index in [4.69, 9.17) is 21.1 Å². The Balaban J connectivity index is 1.97. The predicted molar refractivity (Wildman–Crippen MR) is 107 cm³/mol. The lowest BCUT2D eigenvalue weighted by atomic mass is 9.94. The fraction of sp³-hybridized carbons (Fsp3) is 0.200. The SMILES string of the molecule is COc1ccc(NC(=O)C2=C(C)NC(=O)NC2c2ccccc2Cl)c(OC)c1. The third-order valence-electron chi connectivity index (χ3n) is 4.39. The van der Waals surface area contributed by atoms with Gasteiger partial charge in [0.15, 0.2) is 0 Å². The van der Waals surface area contributed by atoms with Gasteiger partial charge in [0.1, 0.15) is 11.5 Å². The summed E-state index contributed by atoms with van der Waals surface area (Å²) in [6.07, 6.45) is 0. The highest BCUT2D eigenvalue weighted by molar-refractivity contribution is 6.31. The molecule has 0 saturated heterocycles. The molecule has 0 aliphatic carbocycles. The summed E-state index contributed by atoms with van der Waals surface area (Å²) in [6, 6.07) is 11.0. The van der Waals surface area contributed by atoms with Gasteiger partial charge < -0.3 is 25.4 Å². The van der Waals surface area contributed by atoms with Crippen molar-refractivity contribution in [2.45, 2.75) is 13.0 Å². The molecule has 0 bridgehead atoms. The second-order valence-corrected chi connectivity index (χ2v) is 6.52. The molecule has 3 rings (SSSR count). The molecule has 0 aromatic heterocycles. The summed E-state index contributed by atoms with van der Waals surface area (Å²) >= 11 is 6.30. The molecule has 3 amide bonds. The number of hydrogen-bond donors (Lipinski definition) is 3. The van der Waals surface area contributed by atoms with Crippen LogP contribution in [-0.4, -0.2) is 26.2 Å². The third-order valence-corrected chi connectivity index (χ3v) is 4.73. The van der Waals surface area contributed by atoms with E-state index in [9.17, 15) is 9.59 Å². The fourth-order valence-corrected chi connectivity index (χ4v) is 3.27. The van der Waals surface area contributed by atoms with Gasteiger partial charge in [0.25, 0.3) is 5.91 Å². The number of carbonyl (C=O) groups is 2. The maximum absolute atomic E-state index is 13.1. The molecule has 0 radical (unpaired) electrons. The van der Waals surface area contributed by atoms with E-state index in [0.29, 0.717) is 39.0 Å². The molecule has 3 N–H and O–H groups in total. The number of methoxy groups -OCH3 is 2. The largest absolute Gasteiger partial charge is 0.497 e. The fourth-order valence-electron chi connectivity index (χ4n) is 3.03. The van der Waals surface area contributed by atoms with Gasteiger partial charge in [-0.2, -0.15) is 0 Å². The number of amides is 3. The molecule has 28 heavy (non-hydrogen) atoms. The van der Waals surface area contributed by atoms with E-state index in [1.165, 1.54) is 7.11 Å². The Morgan fingerprint density at radius 3 is 2.57 bits per heavy atom. The molecule has 0 fully saturated rings. The lowest BCUT2D eigenvalue weighted by molar-refractivity contribution is -0.113. The maximum Gasteiger partial charge on any atom is 0.319 e. The first kappa shape index (κ1) is 19.6.